The highest BCUT2D eigenvalue weighted by Crippen LogP contribution is 1.85. The zero-order valence-corrected chi connectivity index (χ0v) is 7.68. The molecular weight excluding hydrogens is 140 g/mol. The minimum Gasteiger partial charge on any atom is -0.380 e. The summed E-state index contributed by atoms with van der Waals surface area (Å²) in [6.07, 6.45) is 1.07. The van der Waals surface area contributed by atoms with Gasteiger partial charge in [0.25, 0.3) is 0 Å². The van der Waals surface area contributed by atoms with Crippen LogP contribution in [0.3, 0.4) is 0 Å². The average molecular weight is 160 g/mol. The van der Waals surface area contributed by atoms with Crippen LogP contribution < -0.4 is 5.73 Å². The Morgan fingerprint density at radius 3 is 2.64 bits per heavy atom. The van der Waals surface area contributed by atoms with Crippen LogP contribution >= 0.6 is 0 Å². The lowest BCUT2D eigenvalue weighted by Gasteiger charge is -2.15. The van der Waals surface area contributed by atoms with Crippen molar-refractivity contribution in [2.24, 2.45) is 5.73 Å². The quantitative estimate of drug-likeness (QED) is 0.544. The van der Waals surface area contributed by atoms with Crippen molar-refractivity contribution in [2.45, 2.75) is 13.3 Å². The van der Waals surface area contributed by atoms with E-state index < -0.39 is 0 Å². The van der Waals surface area contributed by atoms with Crippen LogP contribution in [0, 0.1) is 0 Å². The van der Waals surface area contributed by atoms with Crippen molar-refractivity contribution in [3.8, 4) is 0 Å². The van der Waals surface area contributed by atoms with Crippen LogP contribution in [0.1, 0.15) is 13.3 Å². The standard InChI is InChI=1S/C8H20N2O/c1-3-11-8-7-10(2)6-4-5-9/h3-9H2,1-2H3. The van der Waals surface area contributed by atoms with Gasteiger partial charge in [-0.1, -0.05) is 0 Å². The number of nitrogens with zero attached hydrogens (tertiary/aromatic N) is 1. The summed E-state index contributed by atoms with van der Waals surface area (Å²) < 4.78 is 5.21. The molecule has 0 aromatic carbocycles. The molecule has 0 aliphatic heterocycles. The molecule has 0 rings (SSSR count). The monoisotopic (exact) mass is 160 g/mol. The third-order valence-corrected chi connectivity index (χ3v) is 1.57. The van der Waals surface area contributed by atoms with Gasteiger partial charge in [0, 0.05) is 13.2 Å². The molecule has 0 amide bonds. The van der Waals surface area contributed by atoms with E-state index in [0.29, 0.717) is 0 Å². The van der Waals surface area contributed by atoms with Gasteiger partial charge < -0.3 is 15.4 Å². The summed E-state index contributed by atoms with van der Waals surface area (Å²) in [4.78, 5) is 2.24. The highest BCUT2D eigenvalue weighted by atomic mass is 16.5. The fourth-order valence-corrected chi connectivity index (χ4v) is 0.838. The molecule has 2 N–H and O–H groups in total. The molecule has 3 nitrogen and oxygen atoms in total. The topological polar surface area (TPSA) is 38.5 Å². The van der Waals surface area contributed by atoms with E-state index in [1.165, 1.54) is 0 Å². The van der Waals surface area contributed by atoms with E-state index in [4.69, 9.17) is 10.5 Å². The van der Waals surface area contributed by atoms with Gasteiger partial charge in [-0.2, -0.15) is 0 Å². The van der Waals surface area contributed by atoms with Gasteiger partial charge in [0.1, 0.15) is 0 Å². The first kappa shape index (κ1) is 10.9. The molecule has 3 heteroatoms. The molecule has 0 aliphatic rings. The maximum Gasteiger partial charge on any atom is 0.0593 e. The average Bonchev–Trinajstić information content (AvgIpc) is 2.01. The van der Waals surface area contributed by atoms with E-state index in [-0.39, 0.29) is 0 Å². The van der Waals surface area contributed by atoms with Crippen LogP contribution in [-0.4, -0.2) is 44.8 Å². The number of ether oxygens (including phenoxy) is 1. The van der Waals surface area contributed by atoms with Crippen molar-refractivity contribution in [3.05, 3.63) is 0 Å². The first-order valence-electron chi connectivity index (χ1n) is 4.27. The summed E-state index contributed by atoms with van der Waals surface area (Å²) in [5.41, 5.74) is 5.37. The fraction of sp³-hybridized carbons (Fsp3) is 1.00. The first-order chi connectivity index (χ1) is 5.31. The van der Waals surface area contributed by atoms with E-state index >= 15 is 0 Å². The summed E-state index contributed by atoms with van der Waals surface area (Å²) >= 11 is 0. The fourth-order valence-electron chi connectivity index (χ4n) is 0.838. The van der Waals surface area contributed by atoms with Crippen LogP contribution in [0.2, 0.25) is 0 Å². The van der Waals surface area contributed by atoms with Gasteiger partial charge in [0.2, 0.25) is 0 Å². The predicted octanol–water partition coefficient (Wildman–Crippen LogP) is 0.304. The van der Waals surface area contributed by atoms with Crippen molar-refractivity contribution in [2.75, 3.05) is 39.9 Å². The molecule has 0 atom stereocenters. The molecule has 0 saturated carbocycles. The lowest BCUT2D eigenvalue weighted by Crippen LogP contribution is -2.25. The molecule has 0 radical (unpaired) electrons. The van der Waals surface area contributed by atoms with Crippen molar-refractivity contribution in [3.63, 3.8) is 0 Å². The minimum atomic E-state index is 0.777. The Hall–Kier alpha value is -0.120. The molecule has 0 heterocycles. The SMILES string of the molecule is CCOCCN(C)CCCN. The maximum atomic E-state index is 5.37. The van der Waals surface area contributed by atoms with E-state index in [1.54, 1.807) is 0 Å². The van der Waals surface area contributed by atoms with Crippen LogP contribution in [0.15, 0.2) is 0 Å². The van der Waals surface area contributed by atoms with Gasteiger partial charge in [0.05, 0.1) is 6.61 Å². The summed E-state index contributed by atoms with van der Waals surface area (Å²) in [6, 6.07) is 0. The summed E-state index contributed by atoms with van der Waals surface area (Å²) in [7, 11) is 2.09. The largest absolute Gasteiger partial charge is 0.380 e. The highest BCUT2D eigenvalue weighted by molar-refractivity contribution is 4.50. The second-order valence-electron chi connectivity index (χ2n) is 2.64. The van der Waals surface area contributed by atoms with Crippen molar-refractivity contribution >= 4 is 0 Å². The molecular formula is C8H20N2O. The Morgan fingerprint density at radius 1 is 1.36 bits per heavy atom. The summed E-state index contributed by atoms with van der Waals surface area (Å²) in [5.74, 6) is 0. The molecule has 68 valence electrons. The predicted molar refractivity (Wildman–Crippen MR) is 47.7 cm³/mol. The smallest absolute Gasteiger partial charge is 0.0593 e. The van der Waals surface area contributed by atoms with Crippen molar-refractivity contribution in [1.82, 2.24) is 4.90 Å². The van der Waals surface area contributed by atoms with Gasteiger partial charge in [-0.3, -0.25) is 0 Å². The van der Waals surface area contributed by atoms with Crippen LogP contribution in [0.25, 0.3) is 0 Å². The number of hydrogen-bond acceptors (Lipinski definition) is 3. The second kappa shape index (κ2) is 7.98. The van der Waals surface area contributed by atoms with Gasteiger partial charge in [-0.25, -0.2) is 0 Å². The second-order valence-corrected chi connectivity index (χ2v) is 2.64. The first-order valence-corrected chi connectivity index (χ1v) is 4.27. The van der Waals surface area contributed by atoms with Gasteiger partial charge in [-0.05, 0) is 33.5 Å². The van der Waals surface area contributed by atoms with Crippen molar-refractivity contribution in [1.29, 1.82) is 0 Å². The number of hydrogen-bond donors (Lipinski definition) is 1. The van der Waals surface area contributed by atoms with Gasteiger partial charge >= 0.3 is 0 Å². The zero-order chi connectivity index (χ0) is 8.53. The van der Waals surface area contributed by atoms with Crippen molar-refractivity contribution < 1.29 is 4.74 Å². The maximum absolute atomic E-state index is 5.37. The molecule has 0 fully saturated rings. The lowest BCUT2D eigenvalue weighted by atomic mass is 10.4. The normalized spacial score (nSPS) is 10.9. The Kier molecular flexibility index (Phi) is 7.89. The molecule has 0 aromatic rings. The summed E-state index contributed by atoms with van der Waals surface area (Å²) in [5, 5.41) is 0. The minimum absolute atomic E-state index is 0.777. The Balaban J connectivity index is 3.02. The molecule has 0 saturated heterocycles. The third-order valence-electron chi connectivity index (χ3n) is 1.57. The van der Waals surface area contributed by atoms with Crippen LogP contribution in [-0.2, 0) is 4.74 Å². The molecule has 0 aromatic heterocycles. The van der Waals surface area contributed by atoms with E-state index in [1.807, 2.05) is 6.92 Å². The van der Waals surface area contributed by atoms with Gasteiger partial charge in [0.15, 0.2) is 0 Å². The molecule has 0 bridgehead atoms. The summed E-state index contributed by atoms with van der Waals surface area (Å²) in [6.45, 7) is 6.51. The lowest BCUT2D eigenvalue weighted by molar-refractivity contribution is 0.122. The highest BCUT2D eigenvalue weighted by Gasteiger charge is 1.95. The molecule has 0 unspecified atom stereocenters. The number of nitrogens with two attached hydrogens (primary N) is 1. The number of likely N-dealkylation sites (N-methyl/N-ethyl adjacent to an activating group) is 1. The third kappa shape index (κ3) is 7.78. The number of rotatable bonds is 7. The molecule has 0 aliphatic carbocycles. The van der Waals surface area contributed by atoms with E-state index in [2.05, 4.69) is 11.9 Å². The van der Waals surface area contributed by atoms with E-state index in [0.717, 1.165) is 39.3 Å². The van der Waals surface area contributed by atoms with Crippen LogP contribution in [0.4, 0.5) is 0 Å². The Labute approximate surface area is 69.5 Å². The Bertz CT molecular complexity index is 78.5. The molecule has 0 spiro atoms. The zero-order valence-electron chi connectivity index (χ0n) is 7.68. The van der Waals surface area contributed by atoms with Gasteiger partial charge in [-0.15, -0.1) is 0 Å². The van der Waals surface area contributed by atoms with E-state index in [9.17, 15) is 0 Å². The van der Waals surface area contributed by atoms with Crippen LogP contribution in [0.5, 0.6) is 0 Å². The molecule has 11 heavy (non-hydrogen) atoms. The Morgan fingerprint density at radius 2 is 2.09 bits per heavy atom.